The van der Waals surface area contributed by atoms with Gasteiger partial charge in [0.05, 0.1) is 0 Å². The van der Waals surface area contributed by atoms with Crippen molar-refractivity contribution in [3.05, 3.63) is 46.0 Å². The van der Waals surface area contributed by atoms with Crippen molar-refractivity contribution in [2.75, 3.05) is 5.32 Å². The highest BCUT2D eigenvalue weighted by atomic mass is 32.1. The first-order valence-electron chi connectivity index (χ1n) is 8.64. The lowest BCUT2D eigenvalue weighted by molar-refractivity contribution is -0.112. The molecule has 1 amide bonds. The zero-order chi connectivity index (χ0) is 20.4. The number of nitrogens with one attached hydrogen (secondary N) is 1. The summed E-state index contributed by atoms with van der Waals surface area (Å²) in [6.07, 6.45) is 3.13. The van der Waals surface area contributed by atoms with Gasteiger partial charge in [-0.15, -0.1) is 11.3 Å². The minimum absolute atomic E-state index is 0.0180. The standard InChI is InChI=1S/C21H25N3O2S/c1-20(2,3)15-10-13(11-16(17(15)25)21(4,5)6)9-14(12-22)18(26)24-19-23-7-8-27-19/h7-11,25H,1-6H3,(H,23,24,26)/b14-9+. The number of hydrogen-bond donors (Lipinski definition) is 2. The topological polar surface area (TPSA) is 86.0 Å². The molecule has 1 aromatic carbocycles. The van der Waals surface area contributed by atoms with Crippen molar-refractivity contribution < 1.29 is 9.90 Å². The van der Waals surface area contributed by atoms with Gasteiger partial charge in [-0.2, -0.15) is 5.26 Å². The highest BCUT2D eigenvalue weighted by molar-refractivity contribution is 7.13. The van der Waals surface area contributed by atoms with E-state index in [2.05, 4.69) is 10.3 Å². The number of nitriles is 1. The molecule has 2 N–H and O–H groups in total. The van der Waals surface area contributed by atoms with Gasteiger partial charge in [0.1, 0.15) is 17.4 Å². The molecule has 0 radical (unpaired) electrons. The molecule has 1 aromatic heterocycles. The molecule has 142 valence electrons. The minimum atomic E-state index is -0.504. The number of hydrogen-bond acceptors (Lipinski definition) is 5. The van der Waals surface area contributed by atoms with Crippen molar-refractivity contribution in [1.29, 1.82) is 5.26 Å². The van der Waals surface area contributed by atoms with Crippen LogP contribution in [-0.2, 0) is 15.6 Å². The monoisotopic (exact) mass is 383 g/mol. The van der Waals surface area contributed by atoms with Crippen molar-refractivity contribution in [3.63, 3.8) is 0 Å². The predicted octanol–water partition coefficient (Wildman–Crippen LogP) is 4.99. The van der Waals surface area contributed by atoms with E-state index >= 15 is 0 Å². The maximum atomic E-state index is 12.4. The Labute approximate surface area is 164 Å². The van der Waals surface area contributed by atoms with E-state index in [0.29, 0.717) is 10.7 Å². The third-order valence-electron chi connectivity index (χ3n) is 4.08. The Balaban J connectivity index is 2.54. The fraction of sp³-hybridized carbons (Fsp3) is 0.381. The largest absolute Gasteiger partial charge is 0.507 e. The van der Waals surface area contributed by atoms with E-state index in [1.165, 1.54) is 11.3 Å². The van der Waals surface area contributed by atoms with Gasteiger partial charge in [-0.05, 0) is 34.6 Å². The fourth-order valence-electron chi connectivity index (χ4n) is 2.65. The van der Waals surface area contributed by atoms with Crippen LogP contribution in [0, 0.1) is 11.3 Å². The van der Waals surface area contributed by atoms with Gasteiger partial charge in [-0.25, -0.2) is 4.98 Å². The molecule has 1 heterocycles. The Morgan fingerprint density at radius 1 is 1.19 bits per heavy atom. The van der Waals surface area contributed by atoms with Gasteiger partial charge < -0.3 is 5.11 Å². The second-order valence-corrected chi connectivity index (χ2v) is 9.32. The molecule has 0 saturated carbocycles. The molecule has 0 fully saturated rings. The lowest BCUT2D eigenvalue weighted by Crippen LogP contribution is -2.18. The number of amides is 1. The number of rotatable bonds is 3. The molecule has 0 saturated heterocycles. The molecule has 0 aliphatic carbocycles. The lowest BCUT2D eigenvalue weighted by Gasteiger charge is -2.28. The summed E-state index contributed by atoms with van der Waals surface area (Å²) >= 11 is 1.29. The number of phenolic OH excluding ortho intramolecular Hbond substituents is 1. The van der Waals surface area contributed by atoms with Gasteiger partial charge in [-0.3, -0.25) is 10.1 Å². The molecule has 2 aromatic rings. The second kappa shape index (κ2) is 7.53. The first-order chi connectivity index (χ1) is 12.4. The highest BCUT2D eigenvalue weighted by Crippen LogP contribution is 2.40. The SMILES string of the molecule is CC(C)(C)c1cc(/C=C(\C#N)C(=O)Nc2nccs2)cc(C(C)(C)C)c1O. The number of aromatic hydroxyl groups is 1. The molecule has 27 heavy (non-hydrogen) atoms. The van der Waals surface area contributed by atoms with Gasteiger partial charge in [0.25, 0.3) is 5.91 Å². The molecule has 6 heteroatoms. The van der Waals surface area contributed by atoms with Crippen molar-refractivity contribution in [2.45, 2.75) is 52.4 Å². The number of thiazole rings is 1. The molecule has 0 unspecified atom stereocenters. The van der Waals surface area contributed by atoms with E-state index in [-0.39, 0.29) is 22.2 Å². The first kappa shape index (κ1) is 20.7. The Hall–Kier alpha value is -2.65. The Kier molecular flexibility index (Phi) is 5.76. The van der Waals surface area contributed by atoms with Crippen molar-refractivity contribution in [2.24, 2.45) is 0 Å². The third-order valence-corrected chi connectivity index (χ3v) is 4.77. The van der Waals surface area contributed by atoms with E-state index in [9.17, 15) is 15.2 Å². The van der Waals surface area contributed by atoms with Crippen LogP contribution in [0.15, 0.2) is 29.3 Å². The molecule has 0 aliphatic rings. The second-order valence-electron chi connectivity index (χ2n) is 8.43. The van der Waals surface area contributed by atoms with E-state index in [1.807, 2.05) is 59.7 Å². The number of anilines is 1. The summed E-state index contributed by atoms with van der Waals surface area (Å²) in [5.41, 5.74) is 1.66. The van der Waals surface area contributed by atoms with Crippen molar-refractivity contribution in [3.8, 4) is 11.8 Å². The number of nitrogens with zero attached hydrogens (tertiary/aromatic N) is 2. The van der Waals surface area contributed by atoms with E-state index in [4.69, 9.17) is 0 Å². The Morgan fingerprint density at radius 3 is 2.15 bits per heavy atom. The number of carbonyl (C=O) groups excluding carboxylic acids is 1. The zero-order valence-electron chi connectivity index (χ0n) is 16.5. The fourth-order valence-corrected chi connectivity index (χ4v) is 3.17. The average Bonchev–Trinajstić information content (AvgIpc) is 3.04. The quantitative estimate of drug-likeness (QED) is 0.577. The van der Waals surface area contributed by atoms with Gasteiger partial charge in [0.2, 0.25) is 0 Å². The molecular weight excluding hydrogens is 358 g/mol. The van der Waals surface area contributed by atoms with Crippen molar-refractivity contribution in [1.82, 2.24) is 4.98 Å². The highest BCUT2D eigenvalue weighted by Gasteiger charge is 2.26. The van der Waals surface area contributed by atoms with Crippen molar-refractivity contribution >= 4 is 28.5 Å². The number of benzene rings is 1. The van der Waals surface area contributed by atoms with Gasteiger partial charge in [0, 0.05) is 22.7 Å². The molecule has 0 spiro atoms. The average molecular weight is 384 g/mol. The first-order valence-corrected chi connectivity index (χ1v) is 9.52. The molecule has 2 rings (SSSR count). The lowest BCUT2D eigenvalue weighted by atomic mass is 9.78. The van der Waals surface area contributed by atoms with Crippen LogP contribution in [0.5, 0.6) is 5.75 Å². The predicted molar refractivity (Wildman–Crippen MR) is 110 cm³/mol. The zero-order valence-corrected chi connectivity index (χ0v) is 17.4. The number of aromatic nitrogens is 1. The third kappa shape index (κ3) is 4.95. The molecule has 0 bridgehead atoms. The van der Waals surface area contributed by atoms with Crippen LogP contribution in [0.1, 0.15) is 58.2 Å². The van der Waals surface area contributed by atoms with E-state index < -0.39 is 5.91 Å². The summed E-state index contributed by atoms with van der Waals surface area (Å²) in [6, 6.07) is 5.62. The minimum Gasteiger partial charge on any atom is -0.507 e. The van der Waals surface area contributed by atoms with Crippen LogP contribution in [0.4, 0.5) is 5.13 Å². The summed E-state index contributed by atoms with van der Waals surface area (Å²) in [5, 5.41) is 25.0. The summed E-state index contributed by atoms with van der Waals surface area (Å²) in [5.74, 6) is -0.243. The molecule has 0 atom stereocenters. The summed E-state index contributed by atoms with van der Waals surface area (Å²) in [4.78, 5) is 16.4. The molecular formula is C21H25N3O2S. The normalized spacial score (nSPS) is 12.6. The summed E-state index contributed by atoms with van der Waals surface area (Å²) in [6.45, 7) is 12.1. The van der Waals surface area contributed by atoms with E-state index in [1.54, 1.807) is 17.7 Å². The summed E-state index contributed by atoms with van der Waals surface area (Å²) < 4.78 is 0. The molecule has 0 aliphatic heterocycles. The van der Waals surface area contributed by atoms with Gasteiger partial charge in [-0.1, -0.05) is 41.5 Å². The Bertz CT molecular complexity index is 873. The van der Waals surface area contributed by atoms with Crippen LogP contribution in [0.3, 0.4) is 0 Å². The maximum absolute atomic E-state index is 12.4. The Morgan fingerprint density at radius 2 is 1.74 bits per heavy atom. The van der Waals surface area contributed by atoms with Crippen LogP contribution in [0.2, 0.25) is 0 Å². The maximum Gasteiger partial charge on any atom is 0.268 e. The van der Waals surface area contributed by atoms with Gasteiger partial charge in [0.15, 0.2) is 5.13 Å². The van der Waals surface area contributed by atoms with Crippen LogP contribution in [-0.4, -0.2) is 16.0 Å². The van der Waals surface area contributed by atoms with Crippen LogP contribution >= 0.6 is 11.3 Å². The van der Waals surface area contributed by atoms with Crippen LogP contribution < -0.4 is 5.32 Å². The number of phenols is 1. The van der Waals surface area contributed by atoms with E-state index in [0.717, 1.165) is 11.1 Å². The van der Waals surface area contributed by atoms with Crippen LogP contribution in [0.25, 0.3) is 6.08 Å². The summed E-state index contributed by atoms with van der Waals surface area (Å²) in [7, 11) is 0. The number of carbonyl (C=O) groups is 1. The van der Waals surface area contributed by atoms with Gasteiger partial charge >= 0.3 is 0 Å². The smallest absolute Gasteiger partial charge is 0.268 e. The molecule has 5 nitrogen and oxygen atoms in total.